The summed E-state index contributed by atoms with van der Waals surface area (Å²) in [5.41, 5.74) is 2.24. The Balaban J connectivity index is 1.28. The lowest BCUT2D eigenvalue weighted by atomic mass is 9.72. The Labute approximate surface area is 355 Å². The van der Waals surface area contributed by atoms with Crippen LogP contribution < -0.4 is 19.9 Å². The Morgan fingerprint density at radius 3 is 2.20 bits per heavy atom. The van der Waals surface area contributed by atoms with Crippen molar-refractivity contribution in [2.45, 2.75) is 128 Å². The van der Waals surface area contributed by atoms with Crippen molar-refractivity contribution in [1.82, 2.24) is 0 Å². The molecule has 3 aliphatic rings. The first-order valence-corrected chi connectivity index (χ1v) is 21.2. The van der Waals surface area contributed by atoms with Gasteiger partial charge >= 0.3 is 5.97 Å². The van der Waals surface area contributed by atoms with Gasteiger partial charge in [-0.25, -0.2) is 4.79 Å². The summed E-state index contributed by atoms with van der Waals surface area (Å²) in [4.78, 5) is 55.5. The zero-order valence-corrected chi connectivity index (χ0v) is 35.2. The Morgan fingerprint density at radius 2 is 1.54 bits per heavy atom. The number of hydrogen-bond donors (Lipinski definition) is 5. The summed E-state index contributed by atoms with van der Waals surface area (Å²) in [5.74, 6) is -3.99. The molecule has 61 heavy (non-hydrogen) atoms. The molecule has 3 aromatic rings. The van der Waals surface area contributed by atoms with Crippen LogP contribution in [0.2, 0.25) is 0 Å². The monoisotopic (exact) mass is 847 g/mol. The van der Waals surface area contributed by atoms with Gasteiger partial charge in [-0.2, -0.15) is 0 Å². The lowest BCUT2D eigenvalue weighted by Gasteiger charge is -2.42. The van der Waals surface area contributed by atoms with Crippen molar-refractivity contribution in [3.8, 4) is 28.7 Å². The number of Topliss-reactive ketones (excluding diaryl/α,β-unsaturated/α-hetero) is 1. The van der Waals surface area contributed by atoms with E-state index in [9.17, 15) is 39.6 Å². The minimum absolute atomic E-state index is 0.0336. The van der Waals surface area contributed by atoms with E-state index in [1.807, 2.05) is 0 Å². The van der Waals surface area contributed by atoms with Gasteiger partial charge in [0, 0.05) is 42.0 Å². The van der Waals surface area contributed by atoms with E-state index in [1.165, 1.54) is 37.4 Å². The van der Waals surface area contributed by atoms with Crippen molar-refractivity contribution in [2.75, 3.05) is 26.9 Å². The number of hydrogen-bond acceptors (Lipinski definition) is 15. The molecule has 2 aliphatic carbocycles. The van der Waals surface area contributed by atoms with Crippen molar-refractivity contribution in [3.05, 3.63) is 75.3 Å². The molecule has 0 radical (unpaired) electrons. The molecule has 15 heteroatoms. The molecule has 15 nitrogen and oxygen atoms in total. The smallest absolute Gasteiger partial charge is 0.338 e. The van der Waals surface area contributed by atoms with Crippen LogP contribution in [-0.4, -0.2) is 101 Å². The second kappa shape index (κ2) is 19.8. The zero-order chi connectivity index (χ0) is 44.0. The fraction of sp³-hybridized carbons (Fsp3) is 0.522. The summed E-state index contributed by atoms with van der Waals surface area (Å²) in [7, 11) is 1.32. The van der Waals surface area contributed by atoms with E-state index in [0.717, 1.165) is 51.4 Å². The van der Waals surface area contributed by atoms with Gasteiger partial charge < -0.3 is 54.6 Å². The third-order valence-electron chi connectivity index (χ3n) is 11.7. The number of aliphatic hydroxyl groups excluding tert-OH is 1. The first-order chi connectivity index (χ1) is 29.2. The summed E-state index contributed by atoms with van der Waals surface area (Å²) in [6, 6.07) is 8.18. The Hall–Kier alpha value is -5.06. The average Bonchev–Trinajstić information content (AvgIpc) is 3.24. The maximum atomic E-state index is 14.0. The van der Waals surface area contributed by atoms with Gasteiger partial charge in [0.25, 0.3) is 0 Å². The quantitative estimate of drug-likeness (QED) is 0.0428. The predicted octanol–water partition coefficient (Wildman–Crippen LogP) is 5.78. The van der Waals surface area contributed by atoms with Crippen LogP contribution >= 0.6 is 0 Å². The molecule has 3 aromatic carbocycles. The largest absolute Gasteiger partial charge is 0.507 e. The van der Waals surface area contributed by atoms with E-state index >= 15 is 0 Å². The van der Waals surface area contributed by atoms with Crippen molar-refractivity contribution >= 4 is 23.3 Å². The molecule has 1 aliphatic heterocycles. The molecule has 0 aromatic heterocycles. The first-order valence-electron chi connectivity index (χ1n) is 21.2. The molecule has 6 atom stereocenters. The molecule has 0 bridgehead atoms. The third kappa shape index (κ3) is 9.56. The first kappa shape index (κ1) is 45.5. The second-order valence-corrected chi connectivity index (χ2v) is 16.1. The van der Waals surface area contributed by atoms with Gasteiger partial charge in [-0.1, -0.05) is 64.5 Å². The molecule has 1 fully saturated rings. The van der Waals surface area contributed by atoms with Crippen LogP contribution in [0.4, 0.5) is 0 Å². The number of carbonyl (C=O) groups is 4. The van der Waals surface area contributed by atoms with Gasteiger partial charge in [0.1, 0.15) is 22.8 Å². The summed E-state index contributed by atoms with van der Waals surface area (Å²) >= 11 is 0. The van der Waals surface area contributed by atoms with Crippen LogP contribution in [-0.2, 0) is 25.4 Å². The van der Waals surface area contributed by atoms with E-state index in [1.54, 1.807) is 13.0 Å². The van der Waals surface area contributed by atoms with Crippen molar-refractivity contribution in [3.63, 3.8) is 0 Å². The van der Waals surface area contributed by atoms with Gasteiger partial charge in [0.15, 0.2) is 30.2 Å². The summed E-state index contributed by atoms with van der Waals surface area (Å²) in [6.07, 6.45) is 2.32. The van der Waals surface area contributed by atoms with Crippen LogP contribution in [0.25, 0.3) is 0 Å². The number of aliphatic hydroxyl groups is 2. The minimum Gasteiger partial charge on any atom is -0.507 e. The molecular weight excluding hydrogens is 790 g/mol. The number of carbonyl (C=O) groups excluding carboxylic acids is 4. The van der Waals surface area contributed by atoms with Crippen LogP contribution in [0.5, 0.6) is 28.7 Å². The highest BCUT2D eigenvalue weighted by molar-refractivity contribution is 6.31. The van der Waals surface area contributed by atoms with E-state index in [2.05, 4.69) is 13.8 Å². The van der Waals surface area contributed by atoms with Crippen LogP contribution in [0.15, 0.2) is 36.4 Å². The minimum atomic E-state index is -2.40. The predicted molar refractivity (Wildman–Crippen MR) is 221 cm³/mol. The number of aromatic hydroxyl groups is 2. The summed E-state index contributed by atoms with van der Waals surface area (Å²) < 4.78 is 35.0. The molecule has 6 rings (SSSR count). The molecule has 6 N–H and O–H groups in total. The zero-order valence-electron chi connectivity index (χ0n) is 35.2. The summed E-state index contributed by atoms with van der Waals surface area (Å²) in [5, 5.41) is 46.3. The van der Waals surface area contributed by atoms with Gasteiger partial charge in [-0.3, -0.25) is 14.4 Å². The number of ether oxygens (including phenoxy) is 6. The molecule has 0 unspecified atom stereocenters. The second-order valence-electron chi connectivity index (χ2n) is 16.1. The Morgan fingerprint density at radius 1 is 0.869 bits per heavy atom. The van der Waals surface area contributed by atoms with Gasteiger partial charge in [-0.15, -0.1) is 0 Å². The van der Waals surface area contributed by atoms with E-state index in [0.29, 0.717) is 24.7 Å². The molecule has 330 valence electrons. The molecule has 0 spiro atoms. The van der Waals surface area contributed by atoms with E-state index in [-0.39, 0.29) is 40.0 Å². The number of fused-ring (bicyclic) bond motifs is 3. The van der Waals surface area contributed by atoms with Gasteiger partial charge in [0.2, 0.25) is 11.6 Å². The number of phenolic OH excluding ortho intramolecular Hbond substituents is 2. The van der Waals surface area contributed by atoms with E-state index < -0.39 is 102 Å². The van der Waals surface area contributed by atoms with Gasteiger partial charge in [0.05, 0.1) is 60.9 Å². The van der Waals surface area contributed by atoms with Crippen LogP contribution in [0.3, 0.4) is 0 Å². The maximum absolute atomic E-state index is 14.0. The lowest BCUT2D eigenvalue weighted by molar-refractivity contribution is -0.247. The number of phenols is 2. The highest BCUT2D eigenvalue weighted by atomic mass is 16.7. The summed E-state index contributed by atoms with van der Waals surface area (Å²) in [6.45, 7) is 5.79. The normalized spacial score (nSPS) is 23.1. The van der Waals surface area contributed by atoms with Gasteiger partial charge in [-0.05, 0) is 44.0 Å². The number of rotatable bonds is 19. The lowest BCUT2D eigenvalue weighted by Crippen LogP contribution is -2.53. The van der Waals surface area contributed by atoms with Crippen LogP contribution in [0, 0.1) is 0 Å². The SMILES string of the molecule is CCCCCCOc1ccc(C(=O)OCC(=O)[C@]2(O)Cc3c(O)c4c(c(O)c3[C@@H](O[C@H]3C[C@H](N)[C@H](O)[C@H](C)O3)C2)C(=O)c2c(OC)cccc2C4=O)cc1OCCCCCC. The number of ketones is 3. The Bertz CT molecular complexity index is 2110. The van der Waals surface area contributed by atoms with Crippen molar-refractivity contribution < 1.29 is 68.0 Å². The molecule has 0 amide bonds. The standard InChI is InChI=1S/C46H57NO14/c1-5-7-9-11-18-57-30-17-16-26(20-32(30)58-19-12-10-8-6-2)45(54)59-24-34(48)46(55)22-28-37(33(23-46)61-35-21-29(47)40(49)25(3)60-35)44(53)39-38(42(28)51)41(50)27-14-13-15-31(56-4)36(27)43(39)52/h13-17,20,25,29,33,35,40,49,51,53,55H,5-12,18-19,21-24,47H2,1-4H3/t25-,29-,33-,35-,40+,46-/m0/s1. The molecule has 1 saturated heterocycles. The highest BCUT2D eigenvalue weighted by Crippen LogP contribution is 2.52. The number of methoxy groups -OCH3 is 1. The maximum Gasteiger partial charge on any atom is 0.338 e. The topological polar surface area (TPSA) is 231 Å². The van der Waals surface area contributed by atoms with Crippen molar-refractivity contribution in [2.24, 2.45) is 5.73 Å². The number of esters is 1. The number of nitrogens with two attached hydrogens (primary N) is 1. The van der Waals surface area contributed by atoms with Crippen LogP contribution in [0.1, 0.15) is 144 Å². The fourth-order valence-electron chi connectivity index (χ4n) is 8.24. The highest BCUT2D eigenvalue weighted by Gasteiger charge is 2.50. The molecule has 1 heterocycles. The van der Waals surface area contributed by atoms with E-state index in [4.69, 9.17) is 34.2 Å². The average molecular weight is 848 g/mol. The number of unbranched alkanes of at least 4 members (excludes halogenated alkanes) is 6. The van der Waals surface area contributed by atoms with Crippen molar-refractivity contribution in [1.29, 1.82) is 0 Å². The number of benzene rings is 3. The molecular formula is C46H57NO14. The third-order valence-corrected chi connectivity index (χ3v) is 11.7. The fourth-order valence-corrected chi connectivity index (χ4v) is 8.24. The Kier molecular flexibility index (Phi) is 14.7. The molecule has 0 saturated carbocycles.